The van der Waals surface area contributed by atoms with Gasteiger partial charge in [-0.2, -0.15) is 0 Å². The first-order valence-corrected chi connectivity index (χ1v) is 11.8. The average Bonchev–Trinajstić information content (AvgIpc) is 3.48. The fourth-order valence-corrected chi connectivity index (χ4v) is 5.06. The lowest BCUT2D eigenvalue weighted by Gasteiger charge is -2.31. The summed E-state index contributed by atoms with van der Waals surface area (Å²) in [4.78, 5) is 24.2. The molecule has 5 nitrogen and oxygen atoms in total. The van der Waals surface area contributed by atoms with Gasteiger partial charge >= 0.3 is 0 Å². The van der Waals surface area contributed by atoms with Crippen molar-refractivity contribution in [1.82, 2.24) is 19.4 Å². The number of imidazole rings is 1. The van der Waals surface area contributed by atoms with E-state index < -0.39 is 0 Å². The molecule has 6 heteroatoms. The highest BCUT2D eigenvalue weighted by atomic mass is 32.1. The first-order chi connectivity index (χ1) is 15.2. The molecule has 31 heavy (non-hydrogen) atoms. The number of amides is 1. The maximum atomic E-state index is 13.0. The Labute approximate surface area is 186 Å². The van der Waals surface area contributed by atoms with E-state index in [-0.39, 0.29) is 5.91 Å². The molecule has 1 amide bonds. The molecule has 0 aliphatic heterocycles. The Morgan fingerprint density at radius 1 is 1.10 bits per heavy atom. The molecule has 0 unspecified atom stereocenters. The third-order valence-electron chi connectivity index (χ3n) is 6.30. The first kappa shape index (κ1) is 19.9. The number of aromatic nitrogens is 3. The number of benzene rings is 2. The van der Waals surface area contributed by atoms with Gasteiger partial charge in [-0.25, -0.2) is 9.97 Å². The van der Waals surface area contributed by atoms with Crippen LogP contribution in [0.5, 0.6) is 0 Å². The maximum absolute atomic E-state index is 13.0. The highest BCUT2D eigenvalue weighted by molar-refractivity contribution is 7.07. The number of para-hydroxylation sites is 2. The molecule has 2 heterocycles. The minimum atomic E-state index is 0.120. The van der Waals surface area contributed by atoms with Gasteiger partial charge in [0.25, 0.3) is 5.91 Å². The van der Waals surface area contributed by atoms with Crippen molar-refractivity contribution in [2.24, 2.45) is 0 Å². The van der Waals surface area contributed by atoms with Gasteiger partial charge in [0.2, 0.25) is 0 Å². The number of carbonyl (C=O) groups excluding carboxylic acids is 1. The highest BCUT2D eigenvalue weighted by Gasteiger charge is 2.23. The summed E-state index contributed by atoms with van der Waals surface area (Å²) in [5, 5.41) is 2.03. The van der Waals surface area contributed by atoms with Crippen molar-refractivity contribution in [2.75, 3.05) is 7.05 Å². The molecule has 0 atom stereocenters. The monoisotopic (exact) mass is 430 g/mol. The van der Waals surface area contributed by atoms with Gasteiger partial charge in [0.05, 0.1) is 16.5 Å². The normalized spacial score (nSPS) is 14.7. The average molecular weight is 431 g/mol. The topological polar surface area (TPSA) is 51.0 Å². The third-order valence-corrected chi connectivity index (χ3v) is 6.89. The van der Waals surface area contributed by atoms with E-state index in [0.717, 1.165) is 46.5 Å². The Hall–Kier alpha value is -2.99. The molecule has 5 rings (SSSR count). The van der Waals surface area contributed by atoms with E-state index >= 15 is 0 Å². The zero-order valence-electron chi connectivity index (χ0n) is 17.7. The molecule has 1 saturated carbocycles. The SMILES string of the molecule is CN(C(=O)c1ccc(Cn2c(-c3cscn3)nc3ccccc32)cc1)C1CCCCC1. The fourth-order valence-electron chi connectivity index (χ4n) is 4.53. The zero-order chi connectivity index (χ0) is 21.2. The lowest BCUT2D eigenvalue weighted by molar-refractivity contribution is 0.0696. The molecule has 1 aliphatic carbocycles. The predicted octanol–water partition coefficient (Wildman–Crippen LogP) is 5.61. The second kappa shape index (κ2) is 8.63. The molecule has 1 aliphatic rings. The number of hydrogen-bond acceptors (Lipinski definition) is 4. The van der Waals surface area contributed by atoms with Crippen LogP contribution >= 0.6 is 11.3 Å². The number of hydrogen-bond donors (Lipinski definition) is 0. The molecule has 0 saturated heterocycles. The van der Waals surface area contributed by atoms with Crippen LogP contribution in [0.2, 0.25) is 0 Å². The van der Waals surface area contributed by atoms with Crippen LogP contribution in [0.4, 0.5) is 0 Å². The van der Waals surface area contributed by atoms with E-state index in [1.54, 1.807) is 11.3 Å². The van der Waals surface area contributed by atoms with Crippen LogP contribution in [0.25, 0.3) is 22.6 Å². The third kappa shape index (κ3) is 4.00. The van der Waals surface area contributed by atoms with Crippen LogP contribution in [-0.4, -0.2) is 38.4 Å². The fraction of sp³-hybridized carbons (Fsp3) is 0.320. The molecule has 0 bridgehead atoms. The van der Waals surface area contributed by atoms with Crippen molar-refractivity contribution in [3.05, 3.63) is 70.5 Å². The minimum absolute atomic E-state index is 0.120. The largest absolute Gasteiger partial charge is 0.339 e. The van der Waals surface area contributed by atoms with Gasteiger partial charge in [-0.1, -0.05) is 43.5 Å². The van der Waals surface area contributed by atoms with Crippen LogP contribution in [0, 0.1) is 0 Å². The Morgan fingerprint density at radius 3 is 2.61 bits per heavy atom. The van der Waals surface area contributed by atoms with Gasteiger partial charge in [-0.15, -0.1) is 11.3 Å². The van der Waals surface area contributed by atoms with E-state index in [0.29, 0.717) is 12.6 Å². The summed E-state index contributed by atoms with van der Waals surface area (Å²) < 4.78 is 2.20. The smallest absolute Gasteiger partial charge is 0.253 e. The van der Waals surface area contributed by atoms with E-state index in [1.807, 2.05) is 53.2 Å². The molecule has 0 N–H and O–H groups in total. The van der Waals surface area contributed by atoms with Crippen molar-refractivity contribution in [2.45, 2.75) is 44.7 Å². The van der Waals surface area contributed by atoms with Gasteiger partial charge in [-0.05, 0) is 42.7 Å². The minimum Gasteiger partial charge on any atom is -0.339 e. The van der Waals surface area contributed by atoms with Gasteiger partial charge < -0.3 is 9.47 Å². The standard InChI is InChI=1S/C25H26N4OS/c1-28(20-7-3-2-4-8-20)25(30)19-13-11-18(12-14-19)15-29-23-10-6-5-9-21(23)27-24(29)22-16-31-17-26-22/h5-6,9-14,16-17,20H,2-4,7-8,15H2,1H3. The summed E-state index contributed by atoms with van der Waals surface area (Å²) in [6.45, 7) is 0.681. The summed E-state index contributed by atoms with van der Waals surface area (Å²) >= 11 is 1.57. The Balaban J connectivity index is 1.39. The molecule has 158 valence electrons. The van der Waals surface area contributed by atoms with Crippen molar-refractivity contribution in [3.8, 4) is 11.5 Å². The Morgan fingerprint density at radius 2 is 1.87 bits per heavy atom. The van der Waals surface area contributed by atoms with Gasteiger partial charge in [0.1, 0.15) is 5.69 Å². The summed E-state index contributed by atoms with van der Waals surface area (Å²) in [6, 6.07) is 16.6. The number of thiazole rings is 1. The van der Waals surface area contributed by atoms with E-state index in [9.17, 15) is 4.79 Å². The van der Waals surface area contributed by atoms with Gasteiger partial charge in [0.15, 0.2) is 5.82 Å². The second-order valence-corrected chi connectivity index (χ2v) is 9.01. The maximum Gasteiger partial charge on any atom is 0.253 e. The number of nitrogens with zero attached hydrogens (tertiary/aromatic N) is 4. The Kier molecular flexibility index (Phi) is 5.55. The molecule has 0 radical (unpaired) electrons. The van der Waals surface area contributed by atoms with Crippen LogP contribution in [0.3, 0.4) is 0 Å². The van der Waals surface area contributed by atoms with E-state index in [4.69, 9.17) is 4.98 Å². The molecule has 4 aromatic rings. The molecule has 1 fully saturated rings. The number of rotatable bonds is 5. The highest BCUT2D eigenvalue weighted by Crippen LogP contribution is 2.26. The van der Waals surface area contributed by atoms with E-state index in [2.05, 4.69) is 27.8 Å². The van der Waals surface area contributed by atoms with Crippen LogP contribution in [0.15, 0.2) is 59.4 Å². The lowest BCUT2D eigenvalue weighted by atomic mass is 9.94. The van der Waals surface area contributed by atoms with Gasteiger partial charge in [0, 0.05) is 30.6 Å². The second-order valence-electron chi connectivity index (χ2n) is 8.29. The van der Waals surface area contributed by atoms with Crippen LogP contribution in [0.1, 0.15) is 48.0 Å². The number of carbonyl (C=O) groups is 1. The zero-order valence-corrected chi connectivity index (χ0v) is 18.5. The summed E-state index contributed by atoms with van der Waals surface area (Å²) in [6.07, 6.45) is 5.97. The van der Waals surface area contributed by atoms with Crippen molar-refractivity contribution >= 4 is 28.3 Å². The van der Waals surface area contributed by atoms with E-state index in [1.165, 1.54) is 19.3 Å². The summed E-state index contributed by atoms with van der Waals surface area (Å²) in [5.41, 5.74) is 6.67. The Bertz CT molecular complexity index is 1170. The van der Waals surface area contributed by atoms with Gasteiger partial charge in [-0.3, -0.25) is 4.79 Å². The summed E-state index contributed by atoms with van der Waals surface area (Å²) in [5.74, 6) is 0.995. The van der Waals surface area contributed by atoms with Crippen molar-refractivity contribution in [3.63, 3.8) is 0 Å². The van der Waals surface area contributed by atoms with Crippen LogP contribution in [-0.2, 0) is 6.54 Å². The van der Waals surface area contributed by atoms with Crippen molar-refractivity contribution < 1.29 is 4.79 Å². The molecule has 0 spiro atoms. The first-order valence-electron chi connectivity index (χ1n) is 10.9. The molecule has 2 aromatic heterocycles. The summed E-state index contributed by atoms with van der Waals surface area (Å²) in [7, 11) is 1.95. The predicted molar refractivity (Wildman–Crippen MR) is 125 cm³/mol. The number of fused-ring (bicyclic) bond motifs is 1. The lowest BCUT2D eigenvalue weighted by Crippen LogP contribution is -2.38. The molecular weight excluding hydrogens is 404 g/mol. The van der Waals surface area contributed by atoms with Crippen molar-refractivity contribution in [1.29, 1.82) is 0 Å². The quantitative estimate of drug-likeness (QED) is 0.413. The molecule has 2 aromatic carbocycles. The van der Waals surface area contributed by atoms with Crippen LogP contribution < -0.4 is 0 Å². The molecular formula is C25H26N4OS.